The van der Waals surface area contributed by atoms with Crippen molar-refractivity contribution >= 4 is 22.8 Å². The normalized spacial score (nSPS) is 14.2. The highest BCUT2D eigenvalue weighted by molar-refractivity contribution is 6.00. The van der Waals surface area contributed by atoms with E-state index in [4.69, 9.17) is 9.47 Å². The third-order valence-corrected chi connectivity index (χ3v) is 6.32. The number of ether oxygens (including phenoxy) is 2. The number of aromatic nitrogens is 1. The summed E-state index contributed by atoms with van der Waals surface area (Å²) in [6.07, 6.45) is 3.04. The van der Waals surface area contributed by atoms with E-state index in [1.54, 1.807) is 6.08 Å². The van der Waals surface area contributed by atoms with Gasteiger partial charge in [-0.15, -0.1) is 6.58 Å². The lowest BCUT2D eigenvalue weighted by molar-refractivity contribution is -0.149. The molecule has 1 saturated heterocycles. The summed E-state index contributed by atoms with van der Waals surface area (Å²) in [6.45, 7) is 10.2. The summed E-state index contributed by atoms with van der Waals surface area (Å²) in [5.41, 5.74) is 3.84. The van der Waals surface area contributed by atoms with Gasteiger partial charge in [-0.3, -0.25) is 9.59 Å². The van der Waals surface area contributed by atoms with Gasteiger partial charge in [0, 0.05) is 25.0 Å². The molecule has 1 aliphatic rings. The Labute approximate surface area is 200 Å². The van der Waals surface area contributed by atoms with Gasteiger partial charge in [-0.05, 0) is 50.5 Å². The SMILES string of the molecule is C=CCn1c(C(=O)N2CCC(C(=O)OCC)CC2)cc2c(OCc3cccc(C)c3)cccc21. The average molecular weight is 461 g/mol. The van der Waals surface area contributed by atoms with Crippen LogP contribution in [-0.4, -0.2) is 41.0 Å². The lowest BCUT2D eigenvalue weighted by Crippen LogP contribution is -2.41. The molecule has 2 aromatic carbocycles. The molecular weight excluding hydrogens is 428 g/mol. The molecule has 0 atom stereocenters. The van der Waals surface area contributed by atoms with Crippen LogP contribution < -0.4 is 4.74 Å². The van der Waals surface area contributed by atoms with Crippen LogP contribution in [-0.2, 0) is 22.7 Å². The van der Waals surface area contributed by atoms with E-state index >= 15 is 0 Å². The maximum absolute atomic E-state index is 13.5. The van der Waals surface area contributed by atoms with Gasteiger partial charge in [-0.1, -0.05) is 42.0 Å². The summed E-state index contributed by atoms with van der Waals surface area (Å²) < 4.78 is 13.3. The topological polar surface area (TPSA) is 60.8 Å². The minimum Gasteiger partial charge on any atom is -0.488 e. The molecule has 1 amide bonds. The van der Waals surface area contributed by atoms with E-state index < -0.39 is 0 Å². The van der Waals surface area contributed by atoms with Gasteiger partial charge in [0.05, 0.1) is 18.0 Å². The zero-order chi connectivity index (χ0) is 24.1. The molecule has 0 unspecified atom stereocenters. The maximum Gasteiger partial charge on any atom is 0.309 e. The largest absolute Gasteiger partial charge is 0.488 e. The summed E-state index contributed by atoms with van der Waals surface area (Å²) in [5.74, 6) is 0.414. The second-order valence-corrected chi connectivity index (χ2v) is 8.71. The molecule has 178 valence electrons. The van der Waals surface area contributed by atoms with Gasteiger partial charge >= 0.3 is 5.97 Å². The van der Waals surface area contributed by atoms with Crippen molar-refractivity contribution in [3.05, 3.63) is 78.0 Å². The van der Waals surface area contributed by atoms with Crippen LogP contribution in [0.1, 0.15) is 41.4 Å². The molecule has 0 N–H and O–H groups in total. The lowest BCUT2D eigenvalue weighted by atomic mass is 9.97. The van der Waals surface area contributed by atoms with Crippen LogP contribution in [0.4, 0.5) is 0 Å². The highest BCUT2D eigenvalue weighted by Gasteiger charge is 2.30. The van der Waals surface area contributed by atoms with E-state index in [1.807, 2.05) is 52.8 Å². The molecular formula is C28H32N2O4. The molecule has 0 bridgehead atoms. The number of likely N-dealkylation sites (tertiary alicyclic amines) is 1. The van der Waals surface area contributed by atoms with Gasteiger partial charge in [0.1, 0.15) is 18.1 Å². The number of nitrogens with zero attached hydrogens (tertiary/aromatic N) is 2. The van der Waals surface area contributed by atoms with Gasteiger partial charge in [-0.25, -0.2) is 0 Å². The molecule has 1 aliphatic heterocycles. The highest BCUT2D eigenvalue weighted by atomic mass is 16.5. The van der Waals surface area contributed by atoms with Gasteiger partial charge < -0.3 is 18.9 Å². The van der Waals surface area contributed by atoms with Crippen molar-refractivity contribution in [3.63, 3.8) is 0 Å². The van der Waals surface area contributed by atoms with E-state index in [9.17, 15) is 9.59 Å². The molecule has 3 aromatic rings. The summed E-state index contributed by atoms with van der Waals surface area (Å²) in [6, 6.07) is 16.1. The number of hydrogen-bond acceptors (Lipinski definition) is 4. The van der Waals surface area contributed by atoms with Crippen molar-refractivity contribution in [2.24, 2.45) is 5.92 Å². The smallest absolute Gasteiger partial charge is 0.309 e. The van der Waals surface area contributed by atoms with Crippen molar-refractivity contribution in [1.82, 2.24) is 9.47 Å². The number of esters is 1. The number of rotatable bonds is 8. The molecule has 1 aromatic heterocycles. The Kier molecular flexibility index (Phi) is 7.36. The van der Waals surface area contributed by atoms with Crippen LogP contribution in [0.2, 0.25) is 0 Å². The second kappa shape index (κ2) is 10.6. The third-order valence-electron chi connectivity index (χ3n) is 6.32. The Morgan fingerprint density at radius 1 is 1.12 bits per heavy atom. The number of hydrogen-bond donors (Lipinski definition) is 0. The number of piperidine rings is 1. The molecule has 0 radical (unpaired) electrons. The minimum atomic E-state index is -0.161. The third kappa shape index (κ3) is 5.01. The predicted molar refractivity (Wildman–Crippen MR) is 133 cm³/mol. The first-order valence-electron chi connectivity index (χ1n) is 11.9. The molecule has 0 spiro atoms. The van der Waals surface area contributed by atoms with Crippen molar-refractivity contribution in [3.8, 4) is 5.75 Å². The number of fused-ring (bicyclic) bond motifs is 1. The molecule has 2 heterocycles. The van der Waals surface area contributed by atoms with E-state index in [1.165, 1.54) is 5.56 Å². The number of aryl methyl sites for hydroxylation is 1. The minimum absolute atomic E-state index is 0.0370. The summed E-state index contributed by atoms with van der Waals surface area (Å²) in [4.78, 5) is 27.4. The monoisotopic (exact) mass is 460 g/mol. The standard InChI is InChI=1S/C28H32N2O4/c1-4-14-30-24-10-7-11-26(34-19-21-9-6-8-20(3)17-21)23(24)18-25(30)27(31)29-15-12-22(13-16-29)28(32)33-5-2/h4,6-11,17-18,22H,1,5,12-16,19H2,2-3H3. The zero-order valence-corrected chi connectivity index (χ0v) is 20.0. The van der Waals surface area contributed by atoms with E-state index in [2.05, 4.69) is 25.6 Å². The van der Waals surface area contributed by atoms with Crippen LogP contribution in [0.5, 0.6) is 5.75 Å². The van der Waals surface area contributed by atoms with E-state index in [-0.39, 0.29) is 17.8 Å². The molecule has 0 saturated carbocycles. The van der Waals surface area contributed by atoms with Crippen molar-refractivity contribution < 1.29 is 19.1 Å². The molecule has 0 aliphatic carbocycles. The van der Waals surface area contributed by atoms with Gasteiger partial charge in [-0.2, -0.15) is 0 Å². The van der Waals surface area contributed by atoms with Crippen molar-refractivity contribution in [2.45, 2.75) is 39.8 Å². The van der Waals surface area contributed by atoms with E-state index in [0.717, 1.165) is 22.2 Å². The number of carbonyl (C=O) groups is 2. The molecule has 1 fully saturated rings. The lowest BCUT2D eigenvalue weighted by Gasteiger charge is -2.31. The van der Waals surface area contributed by atoms with Gasteiger partial charge in [0.15, 0.2) is 0 Å². The number of allylic oxidation sites excluding steroid dienone is 1. The zero-order valence-electron chi connectivity index (χ0n) is 20.0. The quantitative estimate of drug-likeness (QED) is 0.345. The van der Waals surface area contributed by atoms with Crippen molar-refractivity contribution in [2.75, 3.05) is 19.7 Å². The van der Waals surface area contributed by atoms with Gasteiger partial charge in [0.2, 0.25) is 0 Å². The number of carbonyl (C=O) groups excluding carboxylic acids is 2. The summed E-state index contributed by atoms with van der Waals surface area (Å²) >= 11 is 0. The number of amides is 1. The highest BCUT2D eigenvalue weighted by Crippen LogP contribution is 2.31. The maximum atomic E-state index is 13.5. The summed E-state index contributed by atoms with van der Waals surface area (Å²) in [7, 11) is 0. The van der Waals surface area contributed by atoms with Crippen LogP contribution in [0, 0.1) is 12.8 Å². The fourth-order valence-corrected chi connectivity index (χ4v) is 4.59. The Bertz CT molecular complexity index is 1190. The van der Waals surface area contributed by atoms with Crippen molar-refractivity contribution in [1.29, 1.82) is 0 Å². The Balaban J connectivity index is 1.57. The van der Waals surface area contributed by atoms with E-state index in [0.29, 0.717) is 51.4 Å². The first kappa shape index (κ1) is 23.6. The van der Waals surface area contributed by atoms with Crippen LogP contribution in [0.25, 0.3) is 10.9 Å². The first-order chi connectivity index (χ1) is 16.5. The van der Waals surface area contributed by atoms with Gasteiger partial charge in [0.25, 0.3) is 5.91 Å². The Morgan fingerprint density at radius 2 is 1.88 bits per heavy atom. The number of benzene rings is 2. The fraction of sp³-hybridized carbons (Fsp3) is 0.357. The summed E-state index contributed by atoms with van der Waals surface area (Å²) in [5, 5.41) is 0.904. The second-order valence-electron chi connectivity index (χ2n) is 8.71. The van der Waals surface area contributed by atoms with Crippen LogP contribution in [0.3, 0.4) is 0 Å². The fourth-order valence-electron chi connectivity index (χ4n) is 4.59. The van der Waals surface area contributed by atoms with Crippen LogP contribution >= 0.6 is 0 Å². The van der Waals surface area contributed by atoms with Crippen LogP contribution in [0.15, 0.2) is 61.2 Å². The Hall–Kier alpha value is -3.54. The predicted octanol–water partition coefficient (Wildman–Crippen LogP) is 5.13. The average Bonchev–Trinajstić information content (AvgIpc) is 3.22. The Morgan fingerprint density at radius 3 is 2.59 bits per heavy atom. The molecule has 34 heavy (non-hydrogen) atoms. The molecule has 6 heteroatoms. The molecule has 4 rings (SSSR count). The molecule has 6 nitrogen and oxygen atoms in total. The first-order valence-corrected chi connectivity index (χ1v) is 11.9.